The summed E-state index contributed by atoms with van der Waals surface area (Å²) in [7, 11) is 0. The van der Waals surface area contributed by atoms with Crippen LogP contribution < -0.4 is 16.4 Å². The summed E-state index contributed by atoms with van der Waals surface area (Å²) in [6.45, 7) is 2.15. The van der Waals surface area contributed by atoms with E-state index in [1.54, 1.807) is 31.2 Å². The van der Waals surface area contributed by atoms with Crippen LogP contribution in [-0.4, -0.2) is 20.4 Å². The van der Waals surface area contributed by atoms with Crippen LogP contribution in [0.25, 0.3) is 10.9 Å². The number of carbonyl (C=O) groups excluding carboxylic acids is 1. The summed E-state index contributed by atoms with van der Waals surface area (Å²) in [5.41, 5.74) is 5.31. The lowest BCUT2D eigenvalue weighted by Gasteiger charge is -2.13. The van der Waals surface area contributed by atoms with Gasteiger partial charge in [-0.05, 0) is 25.1 Å². The quantitative estimate of drug-likeness (QED) is 0.532. The highest BCUT2D eigenvalue weighted by molar-refractivity contribution is 7.17. The second-order valence-corrected chi connectivity index (χ2v) is 6.04. The van der Waals surface area contributed by atoms with E-state index in [9.17, 15) is 19.7 Å². The molecular formula is C15H13N5O4S. The van der Waals surface area contributed by atoms with Crippen molar-refractivity contribution in [2.24, 2.45) is 0 Å². The number of nitrogens with zero attached hydrogens (tertiary/aromatic N) is 3. The van der Waals surface area contributed by atoms with E-state index in [2.05, 4.69) is 15.8 Å². The molecule has 25 heavy (non-hydrogen) atoms. The molecule has 0 spiro atoms. The van der Waals surface area contributed by atoms with E-state index in [-0.39, 0.29) is 21.4 Å². The maximum Gasteiger partial charge on any atom is 0.324 e. The molecule has 1 aromatic carbocycles. The van der Waals surface area contributed by atoms with E-state index >= 15 is 0 Å². The third-order valence-corrected chi connectivity index (χ3v) is 4.50. The number of fused-ring (bicyclic) bond motifs is 1. The molecule has 0 aliphatic rings. The second-order valence-electron chi connectivity index (χ2n) is 4.98. The first kappa shape index (κ1) is 16.6. The van der Waals surface area contributed by atoms with Crippen molar-refractivity contribution in [2.75, 3.05) is 5.43 Å². The number of amides is 1. The number of aromatic nitrogens is 2. The lowest BCUT2D eigenvalue weighted by molar-refractivity contribution is -0.380. The molecule has 2 heterocycles. The lowest BCUT2D eigenvalue weighted by atomic mass is 10.2. The zero-order valence-electron chi connectivity index (χ0n) is 13.1. The number of thiophene rings is 1. The molecule has 0 aliphatic heterocycles. The van der Waals surface area contributed by atoms with Crippen molar-refractivity contribution >= 4 is 39.1 Å². The molecule has 3 rings (SSSR count). The largest absolute Gasteiger partial charge is 0.324 e. The van der Waals surface area contributed by atoms with Crippen molar-refractivity contribution in [2.45, 2.75) is 13.5 Å². The van der Waals surface area contributed by atoms with Gasteiger partial charge < -0.3 is 0 Å². The molecule has 2 aromatic heterocycles. The minimum absolute atomic E-state index is 0.126. The monoisotopic (exact) mass is 359 g/mol. The molecule has 0 saturated carbocycles. The maximum atomic E-state index is 12.5. The first-order valence-corrected chi connectivity index (χ1v) is 8.13. The number of nitrogens with one attached hydrogen (secondary N) is 2. The first-order chi connectivity index (χ1) is 12.0. The van der Waals surface area contributed by atoms with Gasteiger partial charge in [0.25, 0.3) is 11.5 Å². The van der Waals surface area contributed by atoms with Crippen LogP contribution in [0.4, 0.5) is 10.9 Å². The van der Waals surface area contributed by atoms with E-state index < -0.39 is 10.8 Å². The maximum absolute atomic E-state index is 12.5. The fourth-order valence-electron chi connectivity index (χ4n) is 2.28. The van der Waals surface area contributed by atoms with Gasteiger partial charge >= 0.3 is 5.00 Å². The van der Waals surface area contributed by atoms with Gasteiger partial charge in [-0.25, -0.2) is 4.98 Å². The number of nitro groups is 1. The Morgan fingerprint density at radius 2 is 2.08 bits per heavy atom. The van der Waals surface area contributed by atoms with Crippen LogP contribution in [0.5, 0.6) is 0 Å². The molecule has 0 aliphatic carbocycles. The summed E-state index contributed by atoms with van der Waals surface area (Å²) in [5, 5.41) is 11.0. The summed E-state index contributed by atoms with van der Waals surface area (Å²) in [5.74, 6) is -0.367. The van der Waals surface area contributed by atoms with Gasteiger partial charge in [0.1, 0.15) is 4.88 Å². The molecule has 0 radical (unpaired) electrons. The predicted octanol–water partition coefficient (Wildman–Crippen LogP) is 2.14. The standard InChI is InChI=1S/C15H13N5O4S/c1-2-19-14(22)9-5-3-4-6-10(9)16-15(19)18-17-13(21)11-7-8-12(25-11)20(23)24/h3-8H,2H2,1H3,(H,16,18)(H,17,21). The Kier molecular flexibility index (Phi) is 4.44. The van der Waals surface area contributed by atoms with Crippen LogP contribution in [0.2, 0.25) is 0 Å². The lowest BCUT2D eigenvalue weighted by Crippen LogP contribution is -2.34. The molecule has 0 bridgehead atoms. The fraction of sp³-hybridized carbons (Fsp3) is 0.133. The van der Waals surface area contributed by atoms with Crippen molar-refractivity contribution in [1.82, 2.24) is 15.0 Å². The smallest absolute Gasteiger partial charge is 0.277 e. The molecule has 0 fully saturated rings. The van der Waals surface area contributed by atoms with Crippen LogP contribution in [0.3, 0.4) is 0 Å². The Labute approximate surface area is 145 Å². The van der Waals surface area contributed by atoms with Gasteiger partial charge in [0.05, 0.1) is 15.8 Å². The van der Waals surface area contributed by atoms with Crippen molar-refractivity contribution in [3.8, 4) is 0 Å². The van der Waals surface area contributed by atoms with Crippen LogP contribution >= 0.6 is 11.3 Å². The van der Waals surface area contributed by atoms with E-state index in [0.717, 1.165) is 11.3 Å². The molecule has 128 valence electrons. The number of para-hydroxylation sites is 1. The fourth-order valence-corrected chi connectivity index (χ4v) is 2.99. The Morgan fingerprint density at radius 3 is 2.76 bits per heavy atom. The minimum Gasteiger partial charge on any atom is -0.277 e. The average molecular weight is 359 g/mol. The molecule has 2 N–H and O–H groups in total. The van der Waals surface area contributed by atoms with Gasteiger partial charge in [-0.15, -0.1) is 0 Å². The Morgan fingerprint density at radius 1 is 1.32 bits per heavy atom. The Bertz CT molecular complexity index is 1030. The number of hydrazine groups is 1. The molecule has 0 unspecified atom stereocenters. The normalized spacial score (nSPS) is 10.6. The molecule has 0 saturated heterocycles. The third-order valence-electron chi connectivity index (χ3n) is 3.46. The predicted molar refractivity (Wildman–Crippen MR) is 93.7 cm³/mol. The highest BCUT2D eigenvalue weighted by Gasteiger charge is 2.16. The molecule has 10 heteroatoms. The zero-order valence-corrected chi connectivity index (χ0v) is 13.9. The van der Waals surface area contributed by atoms with Crippen molar-refractivity contribution in [1.29, 1.82) is 0 Å². The molecule has 9 nitrogen and oxygen atoms in total. The molecular weight excluding hydrogens is 346 g/mol. The van der Waals surface area contributed by atoms with Crippen molar-refractivity contribution in [3.63, 3.8) is 0 Å². The van der Waals surface area contributed by atoms with Crippen LogP contribution in [-0.2, 0) is 6.54 Å². The summed E-state index contributed by atoms with van der Waals surface area (Å²) in [6.07, 6.45) is 0. The van der Waals surface area contributed by atoms with Gasteiger partial charge in [-0.3, -0.25) is 35.1 Å². The number of hydrogen-bond acceptors (Lipinski definition) is 7. The van der Waals surface area contributed by atoms with Gasteiger partial charge in [0.2, 0.25) is 5.95 Å². The first-order valence-electron chi connectivity index (χ1n) is 7.31. The van der Waals surface area contributed by atoms with Crippen LogP contribution in [0, 0.1) is 10.1 Å². The highest BCUT2D eigenvalue weighted by atomic mass is 32.1. The van der Waals surface area contributed by atoms with Gasteiger partial charge in [-0.2, -0.15) is 0 Å². The topological polar surface area (TPSA) is 119 Å². The van der Waals surface area contributed by atoms with Crippen molar-refractivity contribution in [3.05, 3.63) is 61.7 Å². The zero-order chi connectivity index (χ0) is 18.0. The summed E-state index contributed by atoms with van der Waals surface area (Å²) >= 11 is 0.760. The molecule has 1 amide bonds. The second kappa shape index (κ2) is 6.69. The number of carbonyl (C=O) groups is 1. The Balaban J connectivity index is 1.86. The number of benzene rings is 1. The van der Waals surface area contributed by atoms with Gasteiger partial charge in [0, 0.05) is 12.6 Å². The SMILES string of the molecule is CCn1c(NNC(=O)c2ccc([N+](=O)[O-])s2)nc2ccccc2c1=O. The van der Waals surface area contributed by atoms with E-state index in [1.807, 2.05) is 0 Å². The number of rotatable bonds is 5. The van der Waals surface area contributed by atoms with Crippen molar-refractivity contribution < 1.29 is 9.72 Å². The summed E-state index contributed by atoms with van der Waals surface area (Å²) < 4.78 is 1.39. The highest BCUT2D eigenvalue weighted by Crippen LogP contribution is 2.23. The minimum atomic E-state index is -0.561. The summed E-state index contributed by atoms with van der Waals surface area (Å²) in [4.78, 5) is 39.2. The van der Waals surface area contributed by atoms with Gasteiger partial charge in [0.15, 0.2) is 0 Å². The number of hydrogen-bond donors (Lipinski definition) is 2. The van der Waals surface area contributed by atoms with E-state index in [0.29, 0.717) is 17.4 Å². The van der Waals surface area contributed by atoms with Crippen LogP contribution in [0.15, 0.2) is 41.2 Å². The van der Waals surface area contributed by atoms with E-state index in [1.165, 1.54) is 16.7 Å². The summed E-state index contributed by atoms with van der Waals surface area (Å²) in [6, 6.07) is 9.52. The Hall–Kier alpha value is -3.27. The molecule has 3 aromatic rings. The average Bonchev–Trinajstić information content (AvgIpc) is 3.10. The van der Waals surface area contributed by atoms with E-state index in [4.69, 9.17) is 0 Å². The number of anilines is 1. The molecule has 0 atom stereocenters. The van der Waals surface area contributed by atoms with Crippen LogP contribution in [0.1, 0.15) is 16.6 Å². The third kappa shape index (κ3) is 3.19. The van der Waals surface area contributed by atoms with Gasteiger partial charge in [-0.1, -0.05) is 23.5 Å².